The van der Waals surface area contributed by atoms with Crippen LogP contribution >= 0.6 is 0 Å². The van der Waals surface area contributed by atoms with Crippen LogP contribution in [0.2, 0.25) is 0 Å². The van der Waals surface area contributed by atoms with Crippen LogP contribution in [0.25, 0.3) is 0 Å². The average Bonchev–Trinajstić information content (AvgIpc) is 2.42. The van der Waals surface area contributed by atoms with Crippen molar-refractivity contribution in [3.63, 3.8) is 0 Å². The normalized spacial score (nSPS) is 18.5. The number of benzene rings is 1. The van der Waals surface area contributed by atoms with Gasteiger partial charge in [0.05, 0.1) is 6.04 Å². The van der Waals surface area contributed by atoms with Crippen LogP contribution in [-0.2, 0) is 0 Å². The topological polar surface area (TPSA) is 38.5 Å². The summed E-state index contributed by atoms with van der Waals surface area (Å²) in [6, 6.07) is 6.89. The molecule has 1 aromatic rings. The van der Waals surface area contributed by atoms with E-state index in [0.29, 0.717) is 6.54 Å². The Balaban J connectivity index is 2.21. The molecule has 1 aromatic carbocycles. The minimum Gasteiger partial charge on any atom is -0.434 e. The summed E-state index contributed by atoms with van der Waals surface area (Å²) in [7, 11) is 0. The van der Waals surface area contributed by atoms with Crippen LogP contribution in [0.3, 0.4) is 0 Å². The summed E-state index contributed by atoms with van der Waals surface area (Å²) >= 11 is 0. The van der Waals surface area contributed by atoms with Gasteiger partial charge in [0.2, 0.25) is 0 Å². The van der Waals surface area contributed by atoms with Gasteiger partial charge in [0.1, 0.15) is 5.75 Å². The van der Waals surface area contributed by atoms with Crippen molar-refractivity contribution in [1.29, 1.82) is 0 Å². The molecule has 1 unspecified atom stereocenters. The fourth-order valence-corrected chi connectivity index (χ4v) is 2.66. The van der Waals surface area contributed by atoms with Crippen molar-refractivity contribution < 1.29 is 13.5 Å². The number of piperidine rings is 1. The van der Waals surface area contributed by atoms with Gasteiger partial charge in [0.15, 0.2) is 0 Å². The number of nitrogens with two attached hydrogens (primary N) is 1. The molecular weight excluding hydrogens is 250 g/mol. The molecule has 0 saturated carbocycles. The number of rotatable bonds is 5. The standard InChI is InChI=1S/C14H20F2N2O/c15-14(16)19-13-7-3-2-6-11(13)12(10-17)18-8-4-1-5-9-18/h2-3,6-7,12,14H,1,4-5,8-10,17H2. The molecule has 5 heteroatoms. The Morgan fingerprint density at radius 1 is 1.16 bits per heavy atom. The van der Waals surface area contributed by atoms with Gasteiger partial charge in [-0.3, -0.25) is 4.90 Å². The largest absolute Gasteiger partial charge is 0.434 e. The highest BCUT2D eigenvalue weighted by molar-refractivity contribution is 5.36. The predicted molar refractivity (Wildman–Crippen MR) is 70.3 cm³/mol. The maximum atomic E-state index is 12.4. The molecule has 0 aromatic heterocycles. The van der Waals surface area contributed by atoms with E-state index in [1.54, 1.807) is 12.1 Å². The van der Waals surface area contributed by atoms with Crippen LogP contribution in [-0.4, -0.2) is 31.1 Å². The number of nitrogens with zero attached hydrogens (tertiary/aromatic N) is 1. The number of para-hydroxylation sites is 1. The van der Waals surface area contributed by atoms with E-state index in [1.807, 2.05) is 12.1 Å². The second-order valence-electron chi connectivity index (χ2n) is 4.76. The molecule has 2 N–H and O–H groups in total. The maximum absolute atomic E-state index is 12.4. The van der Waals surface area contributed by atoms with E-state index in [9.17, 15) is 8.78 Å². The Bertz CT molecular complexity index is 395. The molecule has 1 fully saturated rings. The molecule has 1 aliphatic rings. The molecule has 106 valence electrons. The Labute approximate surface area is 112 Å². The van der Waals surface area contributed by atoms with Gasteiger partial charge in [-0.05, 0) is 32.0 Å². The molecule has 3 nitrogen and oxygen atoms in total. The molecule has 0 amide bonds. The molecule has 1 heterocycles. The number of likely N-dealkylation sites (tertiary alicyclic amines) is 1. The molecule has 1 saturated heterocycles. The first-order valence-corrected chi connectivity index (χ1v) is 6.70. The lowest BCUT2D eigenvalue weighted by Crippen LogP contribution is -2.37. The Hall–Kier alpha value is -1.20. The average molecular weight is 270 g/mol. The maximum Gasteiger partial charge on any atom is 0.387 e. The lowest BCUT2D eigenvalue weighted by Gasteiger charge is -2.34. The van der Waals surface area contributed by atoms with E-state index in [4.69, 9.17) is 5.73 Å². The van der Waals surface area contributed by atoms with Crippen molar-refractivity contribution >= 4 is 0 Å². The van der Waals surface area contributed by atoms with E-state index >= 15 is 0 Å². The van der Waals surface area contributed by atoms with Gasteiger partial charge >= 0.3 is 6.61 Å². The molecule has 0 bridgehead atoms. The zero-order chi connectivity index (χ0) is 13.7. The highest BCUT2D eigenvalue weighted by Crippen LogP contribution is 2.31. The summed E-state index contributed by atoms with van der Waals surface area (Å²) in [5.41, 5.74) is 6.61. The van der Waals surface area contributed by atoms with E-state index in [2.05, 4.69) is 9.64 Å². The first-order chi connectivity index (χ1) is 9.22. The van der Waals surface area contributed by atoms with E-state index in [-0.39, 0.29) is 11.8 Å². The monoisotopic (exact) mass is 270 g/mol. The van der Waals surface area contributed by atoms with Crippen LogP contribution in [0.5, 0.6) is 5.75 Å². The number of ether oxygens (including phenoxy) is 1. The number of halogens is 2. The fourth-order valence-electron chi connectivity index (χ4n) is 2.66. The van der Waals surface area contributed by atoms with Gasteiger partial charge in [-0.15, -0.1) is 0 Å². The molecule has 0 spiro atoms. The molecular formula is C14H20F2N2O. The first-order valence-electron chi connectivity index (χ1n) is 6.70. The molecule has 0 radical (unpaired) electrons. The number of alkyl halides is 2. The van der Waals surface area contributed by atoms with Crippen molar-refractivity contribution in [2.45, 2.75) is 31.9 Å². The Morgan fingerprint density at radius 2 is 1.84 bits per heavy atom. The van der Waals surface area contributed by atoms with Crippen molar-refractivity contribution in [3.05, 3.63) is 29.8 Å². The van der Waals surface area contributed by atoms with Crippen molar-refractivity contribution in [2.24, 2.45) is 5.73 Å². The number of hydrogen-bond donors (Lipinski definition) is 1. The van der Waals surface area contributed by atoms with Gasteiger partial charge in [0.25, 0.3) is 0 Å². The SMILES string of the molecule is NCC(c1ccccc1OC(F)F)N1CCCCC1. The van der Waals surface area contributed by atoms with Crippen LogP contribution in [0.15, 0.2) is 24.3 Å². The summed E-state index contributed by atoms with van der Waals surface area (Å²) in [4.78, 5) is 2.26. The van der Waals surface area contributed by atoms with Gasteiger partial charge < -0.3 is 10.5 Å². The molecule has 2 rings (SSSR count). The first kappa shape index (κ1) is 14.2. The van der Waals surface area contributed by atoms with Gasteiger partial charge in [-0.25, -0.2) is 0 Å². The lowest BCUT2D eigenvalue weighted by atomic mass is 10.0. The fraction of sp³-hybridized carbons (Fsp3) is 0.571. The van der Waals surface area contributed by atoms with Crippen molar-refractivity contribution in [2.75, 3.05) is 19.6 Å². The third kappa shape index (κ3) is 3.64. The second kappa shape index (κ2) is 6.82. The third-order valence-electron chi connectivity index (χ3n) is 3.55. The third-order valence-corrected chi connectivity index (χ3v) is 3.55. The zero-order valence-electron chi connectivity index (χ0n) is 10.9. The smallest absolute Gasteiger partial charge is 0.387 e. The number of hydrogen-bond acceptors (Lipinski definition) is 3. The predicted octanol–water partition coefficient (Wildman–Crippen LogP) is 2.77. The van der Waals surface area contributed by atoms with Crippen molar-refractivity contribution in [3.8, 4) is 5.75 Å². The van der Waals surface area contributed by atoms with E-state index in [1.165, 1.54) is 6.42 Å². The molecule has 1 aliphatic heterocycles. The Kier molecular flexibility index (Phi) is 5.10. The highest BCUT2D eigenvalue weighted by atomic mass is 19.3. The van der Waals surface area contributed by atoms with E-state index < -0.39 is 6.61 Å². The lowest BCUT2D eigenvalue weighted by molar-refractivity contribution is -0.0512. The quantitative estimate of drug-likeness (QED) is 0.894. The van der Waals surface area contributed by atoms with Gasteiger partial charge in [-0.2, -0.15) is 8.78 Å². The van der Waals surface area contributed by atoms with Crippen LogP contribution < -0.4 is 10.5 Å². The Morgan fingerprint density at radius 3 is 2.47 bits per heavy atom. The van der Waals surface area contributed by atoms with Crippen LogP contribution in [0.4, 0.5) is 8.78 Å². The molecule has 19 heavy (non-hydrogen) atoms. The highest BCUT2D eigenvalue weighted by Gasteiger charge is 2.24. The minimum atomic E-state index is -2.80. The van der Waals surface area contributed by atoms with E-state index in [0.717, 1.165) is 31.5 Å². The molecule has 1 atom stereocenters. The van der Waals surface area contributed by atoms with Gasteiger partial charge in [0, 0.05) is 12.1 Å². The van der Waals surface area contributed by atoms with Crippen LogP contribution in [0.1, 0.15) is 30.9 Å². The summed E-state index contributed by atoms with van der Waals surface area (Å²) < 4.78 is 29.5. The van der Waals surface area contributed by atoms with Gasteiger partial charge in [-0.1, -0.05) is 24.6 Å². The second-order valence-corrected chi connectivity index (χ2v) is 4.76. The summed E-state index contributed by atoms with van der Waals surface area (Å²) in [5, 5.41) is 0. The molecule has 0 aliphatic carbocycles. The zero-order valence-corrected chi connectivity index (χ0v) is 10.9. The summed E-state index contributed by atoms with van der Waals surface area (Å²) in [5.74, 6) is 0.235. The summed E-state index contributed by atoms with van der Waals surface area (Å²) in [6.45, 7) is -0.472. The minimum absolute atomic E-state index is 0.0461. The van der Waals surface area contributed by atoms with Crippen LogP contribution in [0, 0.1) is 0 Å². The van der Waals surface area contributed by atoms with Crippen molar-refractivity contribution in [1.82, 2.24) is 4.90 Å². The summed E-state index contributed by atoms with van der Waals surface area (Å²) in [6.07, 6.45) is 3.49.